The van der Waals surface area contributed by atoms with E-state index in [2.05, 4.69) is 60.7 Å². The maximum absolute atomic E-state index is 12.5. The van der Waals surface area contributed by atoms with Crippen molar-refractivity contribution in [2.75, 3.05) is 27.2 Å². The molecule has 1 saturated heterocycles. The second-order valence-electron chi connectivity index (χ2n) is 8.85. The number of carbonyl (C=O) groups is 1. The Morgan fingerprint density at radius 1 is 1.19 bits per heavy atom. The zero-order valence-electron chi connectivity index (χ0n) is 16.4. The number of carbonyl (C=O) groups excluding carboxylic acids is 1. The third-order valence-electron chi connectivity index (χ3n) is 6.24. The highest BCUT2D eigenvalue weighted by Crippen LogP contribution is 2.46. The summed E-state index contributed by atoms with van der Waals surface area (Å²) in [5.74, 6) is 0. The van der Waals surface area contributed by atoms with E-state index in [1.807, 2.05) is 18.7 Å². The SMILES string of the molecule is CN(C)C1(c2ccccc2)CCC2(CC1)CN(CC(C)(C)C#N)C(=O)N2. The average Bonchev–Trinajstić information content (AvgIpc) is 2.91. The molecule has 1 aromatic rings. The van der Waals surface area contributed by atoms with Crippen LogP contribution < -0.4 is 5.32 Å². The summed E-state index contributed by atoms with van der Waals surface area (Å²) < 4.78 is 0. The van der Waals surface area contributed by atoms with Gasteiger partial charge in [-0.05, 0) is 59.2 Å². The second kappa shape index (κ2) is 6.59. The third-order valence-corrected chi connectivity index (χ3v) is 6.24. The van der Waals surface area contributed by atoms with E-state index in [1.54, 1.807) is 0 Å². The summed E-state index contributed by atoms with van der Waals surface area (Å²) in [7, 11) is 4.31. The Balaban J connectivity index is 1.75. The van der Waals surface area contributed by atoms with Gasteiger partial charge in [-0.15, -0.1) is 0 Å². The van der Waals surface area contributed by atoms with Crippen molar-refractivity contribution in [3.8, 4) is 6.07 Å². The Hall–Kier alpha value is -2.06. The van der Waals surface area contributed by atoms with E-state index in [9.17, 15) is 10.1 Å². The molecule has 2 amide bonds. The standard InChI is InChI=1S/C21H30N4O/c1-19(2,14-22)15-25-16-20(23-18(25)26)10-12-21(13-11-20,24(3)4)17-8-6-5-7-9-17/h5-9H,10-13,15-16H2,1-4H3,(H,23,26). The molecule has 2 fully saturated rings. The fraction of sp³-hybridized carbons (Fsp3) is 0.619. The van der Waals surface area contributed by atoms with Crippen LogP contribution in [0.25, 0.3) is 0 Å². The highest BCUT2D eigenvalue weighted by atomic mass is 16.2. The highest BCUT2D eigenvalue weighted by molar-refractivity contribution is 5.78. The molecule has 1 N–H and O–H groups in total. The molecule has 2 aliphatic rings. The van der Waals surface area contributed by atoms with Gasteiger partial charge in [0.2, 0.25) is 0 Å². The van der Waals surface area contributed by atoms with Gasteiger partial charge in [0.15, 0.2) is 0 Å². The summed E-state index contributed by atoms with van der Waals surface area (Å²) in [6.45, 7) is 4.96. The third kappa shape index (κ3) is 3.31. The number of nitrogens with one attached hydrogen (secondary N) is 1. The lowest BCUT2D eigenvalue weighted by Crippen LogP contribution is -2.54. The molecule has 1 aliphatic carbocycles. The molecular weight excluding hydrogens is 324 g/mol. The molecule has 1 aliphatic heterocycles. The smallest absolute Gasteiger partial charge is 0.318 e. The number of nitrogens with zero attached hydrogens (tertiary/aromatic N) is 3. The Morgan fingerprint density at radius 2 is 1.81 bits per heavy atom. The van der Waals surface area contributed by atoms with Gasteiger partial charge in [-0.25, -0.2) is 4.79 Å². The summed E-state index contributed by atoms with van der Waals surface area (Å²) in [5, 5.41) is 12.5. The minimum absolute atomic E-state index is 0.0228. The highest BCUT2D eigenvalue weighted by Gasteiger charge is 2.50. The van der Waals surface area contributed by atoms with E-state index in [4.69, 9.17) is 0 Å². The van der Waals surface area contributed by atoms with E-state index < -0.39 is 5.41 Å². The van der Waals surface area contributed by atoms with E-state index >= 15 is 0 Å². The topological polar surface area (TPSA) is 59.4 Å². The molecule has 1 saturated carbocycles. The largest absolute Gasteiger partial charge is 0.331 e. The molecule has 0 atom stereocenters. The first-order chi connectivity index (χ1) is 12.2. The van der Waals surface area contributed by atoms with Gasteiger partial charge >= 0.3 is 6.03 Å². The monoisotopic (exact) mass is 354 g/mol. The zero-order chi connectivity index (χ0) is 19.0. The fourth-order valence-corrected chi connectivity index (χ4v) is 4.59. The Morgan fingerprint density at radius 3 is 2.35 bits per heavy atom. The number of amides is 2. The maximum atomic E-state index is 12.5. The Labute approximate surface area is 157 Å². The van der Waals surface area contributed by atoms with Crippen LogP contribution in [0.1, 0.15) is 45.1 Å². The molecule has 0 bridgehead atoms. The number of nitriles is 1. The van der Waals surface area contributed by atoms with Crippen molar-refractivity contribution in [2.45, 2.75) is 50.6 Å². The molecule has 1 spiro atoms. The predicted molar refractivity (Wildman–Crippen MR) is 103 cm³/mol. The van der Waals surface area contributed by atoms with Gasteiger partial charge < -0.3 is 10.2 Å². The summed E-state index contributed by atoms with van der Waals surface area (Å²) >= 11 is 0. The van der Waals surface area contributed by atoms with Gasteiger partial charge in [0.05, 0.1) is 17.0 Å². The first kappa shape index (κ1) is 18.7. The van der Waals surface area contributed by atoms with Crippen molar-refractivity contribution in [1.82, 2.24) is 15.1 Å². The zero-order valence-corrected chi connectivity index (χ0v) is 16.4. The molecule has 0 aromatic heterocycles. The lowest BCUT2D eigenvalue weighted by Gasteiger charge is -2.48. The van der Waals surface area contributed by atoms with Crippen molar-refractivity contribution < 1.29 is 4.79 Å². The van der Waals surface area contributed by atoms with Crippen molar-refractivity contribution in [3.63, 3.8) is 0 Å². The molecule has 5 nitrogen and oxygen atoms in total. The van der Waals surface area contributed by atoms with Crippen LogP contribution in [0.2, 0.25) is 0 Å². The lowest BCUT2D eigenvalue weighted by atomic mass is 9.69. The number of hydrogen-bond donors (Lipinski definition) is 1. The van der Waals surface area contributed by atoms with E-state index in [0.717, 1.165) is 25.7 Å². The van der Waals surface area contributed by atoms with Gasteiger partial charge in [-0.1, -0.05) is 30.3 Å². The van der Waals surface area contributed by atoms with Crippen molar-refractivity contribution in [1.29, 1.82) is 5.26 Å². The minimum atomic E-state index is -0.519. The quantitative estimate of drug-likeness (QED) is 0.902. The van der Waals surface area contributed by atoms with Crippen LogP contribution in [0.4, 0.5) is 4.79 Å². The summed E-state index contributed by atoms with van der Waals surface area (Å²) in [6.07, 6.45) is 3.93. The molecule has 5 heteroatoms. The Bertz CT molecular complexity index is 696. The normalized spacial score (nSPS) is 29.1. The van der Waals surface area contributed by atoms with Crippen molar-refractivity contribution in [3.05, 3.63) is 35.9 Å². The van der Waals surface area contributed by atoms with Crippen LogP contribution in [-0.2, 0) is 5.54 Å². The van der Waals surface area contributed by atoms with Gasteiger partial charge in [-0.2, -0.15) is 5.26 Å². The molecule has 140 valence electrons. The van der Waals surface area contributed by atoms with E-state index in [1.165, 1.54) is 5.56 Å². The van der Waals surface area contributed by atoms with Gasteiger partial charge in [0.25, 0.3) is 0 Å². The number of rotatable bonds is 4. The molecule has 0 radical (unpaired) electrons. The Kier molecular flexibility index (Phi) is 4.74. The van der Waals surface area contributed by atoms with Gasteiger partial charge in [-0.3, -0.25) is 4.90 Å². The second-order valence-corrected chi connectivity index (χ2v) is 8.85. The number of benzene rings is 1. The predicted octanol–water partition coefficient (Wildman–Crippen LogP) is 3.33. The molecule has 26 heavy (non-hydrogen) atoms. The van der Waals surface area contributed by atoms with Crippen LogP contribution in [-0.4, -0.2) is 48.6 Å². The van der Waals surface area contributed by atoms with Crippen LogP contribution in [0.5, 0.6) is 0 Å². The van der Waals surface area contributed by atoms with Crippen LogP contribution >= 0.6 is 0 Å². The fourth-order valence-electron chi connectivity index (χ4n) is 4.59. The summed E-state index contributed by atoms with van der Waals surface area (Å²) in [4.78, 5) is 16.7. The summed E-state index contributed by atoms with van der Waals surface area (Å²) in [5.41, 5.74) is 0.703. The van der Waals surface area contributed by atoms with E-state index in [-0.39, 0.29) is 17.1 Å². The summed E-state index contributed by atoms with van der Waals surface area (Å²) in [6, 6.07) is 13.0. The van der Waals surface area contributed by atoms with E-state index in [0.29, 0.717) is 13.1 Å². The minimum Gasteiger partial charge on any atom is -0.331 e. The molecule has 1 aromatic carbocycles. The molecule has 1 heterocycles. The lowest BCUT2D eigenvalue weighted by molar-refractivity contribution is 0.0612. The maximum Gasteiger partial charge on any atom is 0.318 e. The van der Waals surface area contributed by atoms with Crippen LogP contribution in [0, 0.1) is 16.7 Å². The van der Waals surface area contributed by atoms with Gasteiger partial charge in [0, 0.05) is 18.6 Å². The van der Waals surface area contributed by atoms with Crippen LogP contribution in [0.3, 0.4) is 0 Å². The number of hydrogen-bond acceptors (Lipinski definition) is 3. The molecule has 0 unspecified atom stereocenters. The average molecular weight is 354 g/mol. The first-order valence-corrected chi connectivity index (χ1v) is 9.43. The first-order valence-electron chi connectivity index (χ1n) is 9.43. The van der Waals surface area contributed by atoms with Crippen LogP contribution in [0.15, 0.2) is 30.3 Å². The molecule has 3 rings (SSSR count). The number of urea groups is 1. The molecular formula is C21H30N4O. The van der Waals surface area contributed by atoms with Crippen molar-refractivity contribution in [2.24, 2.45) is 5.41 Å². The van der Waals surface area contributed by atoms with Crippen molar-refractivity contribution >= 4 is 6.03 Å². The van der Waals surface area contributed by atoms with Gasteiger partial charge in [0.1, 0.15) is 0 Å².